The number of fused-ring (bicyclic) bond motifs is 2. The van der Waals surface area contributed by atoms with Crippen LogP contribution >= 0.6 is 0 Å². The van der Waals surface area contributed by atoms with Crippen LogP contribution in [0.1, 0.15) is 22.8 Å². The molecule has 9 nitrogen and oxygen atoms in total. The Morgan fingerprint density at radius 2 is 1.77 bits per heavy atom. The molecule has 174 valence electrons. The average molecular weight is 467 g/mol. The van der Waals surface area contributed by atoms with Crippen molar-refractivity contribution >= 4 is 39.1 Å². The van der Waals surface area contributed by atoms with E-state index in [1.54, 1.807) is 17.8 Å². The topological polar surface area (TPSA) is 112 Å². The molecule has 1 N–H and O–H groups in total. The molecule has 0 saturated carbocycles. The van der Waals surface area contributed by atoms with Gasteiger partial charge >= 0.3 is 5.69 Å². The molecular formula is C26H21N5O4. The van der Waals surface area contributed by atoms with Gasteiger partial charge in [-0.1, -0.05) is 36.4 Å². The van der Waals surface area contributed by atoms with Crippen molar-refractivity contribution in [3.8, 4) is 11.4 Å². The van der Waals surface area contributed by atoms with Crippen LogP contribution in [0.4, 0.5) is 11.4 Å². The fourth-order valence-corrected chi connectivity index (χ4v) is 3.97. The summed E-state index contributed by atoms with van der Waals surface area (Å²) in [6.45, 7) is 3.87. The van der Waals surface area contributed by atoms with Gasteiger partial charge < -0.3 is 10.1 Å². The summed E-state index contributed by atoms with van der Waals surface area (Å²) in [5, 5.41) is 25.6. The summed E-state index contributed by atoms with van der Waals surface area (Å²) in [6.07, 6.45) is 0. The highest BCUT2D eigenvalue weighted by molar-refractivity contribution is 6.06. The maximum absolute atomic E-state index is 12.9. The number of nitrogens with zero attached hydrogens (tertiary/aromatic N) is 4. The molecule has 1 heterocycles. The number of rotatable bonds is 6. The number of hydrogen-bond acceptors (Lipinski definition) is 6. The van der Waals surface area contributed by atoms with Crippen LogP contribution < -0.4 is 10.1 Å². The van der Waals surface area contributed by atoms with E-state index in [2.05, 4.69) is 15.5 Å². The summed E-state index contributed by atoms with van der Waals surface area (Å²) in [5.41, 5.74) is 3.37. The summed E-state index contributed by atoms with van der Waals surface area (Å²) in [5.74, 6) is -0.350. The normalized spacial score (nSPS) is 11.0. The zero-order chi connectivity index (χ0) is 24.5. The van der Waals surface area contributed by atoms with Crippen molar-refractivity contribution in [2.75, 3.05) is 11.9 Å². The molecule has 0 fully saturated rings. The number of aromatic nitrogens is 3. The number of nitro groups is 1. The minimum absolute atomic E-state index is 0.122. The zero-order valence-corrected chi connectivity index (χ0v) is 19.1. The van der Waals surface area contributed by atoms with Crippen LogP contribution in [0, 0.1) is 17.0 Å². The second-order valence-corrected chi connectivity index (χ2v) is 7.97. The van der Waals surface area contributed by atoms with Gasteiger partial charge in [0, 0.05) is 22.7 Å². The number of nitrogens with one attached hydrogen (secondary N) is 1. The second-order valence-electron chi connectivity index (χ2n) is 7.97. The van der Waals surface area contributed by atoms with Crippen molar-refractivity contribution in [3.05, 3.63) is 94.0 Å². The largest absolute Gasteiger partial charge is 0.487 e. The van der Waals surface area contributed by atoms with Crippen molar-refractivity contribution in [2.24, 2.45) is 0 Å². The molecule has 5 rings (SSSR count). The van der Waals surface area contributed by atoms with Crippen LogP contribution in [-0.2, 0) is 0 Å². The monoisotopic (exact) mass is 467 g/mol. The number of anilines is 1. The number of carbonyl (C=O) groups excluding carboxylic acids is 1. The van der Waals surface area contributed by atoms with E-state index in [1.165, 1.54) is 18.2 Å². The van der Waals surface area contributed by atoms with Crippen molar-refractivity contribution < 1.29 is 14.5 Å². The molecular weight excluding hydrogens is 446 g/mol. The molecule has 0 radical (unpaired) electrons. The van der Waals surface area contributed by atoms with Crippen molar-refractivity contribution in [1.82, 2.24) is 15.0 Å². The number of aryl methyl sites for hydroxylation is 1. The van der Waals surface area contributed by atoms with Crippen molar-refractivity contribution in [3.63, 3.8) is 0 Å². The molecule has 0 aliphatic carbocycles. The third kappa shape index (κ3) is 4.15. The predicted molar refractivity (Wildman–Crippen MR) is 133 cm³/mol. The summed E-state index contributed by atoms with van der Waals surface area (Å²) in [6, 6.07) is 21.7. The Bertz CT molecular complexity index is 1600. The molecule has 0 saturated heterocycles. The highest BCUT2D eigenvalue weighted by Crippen LogP contribution is 2.29. The standard InChI is InChI=1S/C26H21N5O4/c1-3-35-25-12-11-18(14-24(25)31(33)34)26(32)27-20-15-22-21(13-16(20)2)28-30(29-22)23-10-6-8-17-7-4-5-9-19(17)23/h4-15H,3H2,1-2H3,(H,27,32). The lowest BCUT2D eigenvalue weighted by Gasteiger charge is -2.09. The summed E-state index contributed by atoms with van der Waals surface area (Å²) >= 11 is 0. The van der Waals surface area contributed by atoms with Crippen LogP contribution in [0.3, 0.4) is 0 Å². The van der Waals surface area contributed by atoms with Crippen LogP contribution in [0.25, 0.3) is 27.5 Å². The van der Waals surface area contributed by atoms with Gasteiger partial charge in [-0.05, 0) is 55.1 Å². The first-order valence-electron chi connectivity index (χ1n) is 11.0. The van der Waals surface area contributed by atoms with Gasteiger partial charge in [-0.25, -0.2) is 0 Å². The molecule has 9 heteroatoms. The molecule has 1 aromatic heterocycles. The fraction of sp³-hybridized carbons (Fsp3) is 0.115. The number of nitro benzene ring substituents is 1. The maximum atomic E-state index is 12.9. The summed E-state index contributed by atoms with van der Waals surface area (Å²) < 4.78 is 5.29. The second kappa shape index (κ2) is 8.86. The molecule has 0 aliphatic rings. The van der Waals surface area contributed by atoms with Gasteiger partial charge in [0.05, 0.1) is 17.2 Å². The number of carbonyl (C=O) groups is 1. The van der Waals surface area contributed by atoms with Gasteiger partial charge in [0.15, 0.2) is 5.75 Å². The highest BCUT2D eigenvalue weighted by Gasteiger charge is 2.19. The van der Waals surface area contributed by atoms with E-state index in [-0.39, 0.29) is 23.6 Å². The molecule has 0 atom stereocenters. The SMILES string of the molecule is CCOc1ccc(C(=O)Nc2cc3nn(-c4cccc5ccccc45)nc3cc2C)cc1[N+](=O)[O-]. The summed E-state index contributed by atoms with van der Waals surface area (Å²) in [4.78, 5) is 25.3. The Morgan fingerprint density at radius 1 is 1.03 bits per heavy atom. The molecule has 0 bridgehead atoms. The van der Waals surface area contributed by atoms with Gasteiger partial charge in [-0.15, -0.1) is 15.0 Å². The Balaban J connectivity index is 1.48. The fourth-order valence-electron chi connectivity index (χ4n) is 3.97. The Labute approximate surface area is 200 Å². The molecule has 0 aliphatic heterocycles. The lowest BCUT2D eigenvalue weighted by molar-refractivity contribution is -0.385. The molecule has 4 aromatic carbocycles. The van der Waals surface area contributed by atoms with Crippen molar-refractivity contribution in [1.29, 1.82) is 0 Å². The van der Waals surface area contributed by atoms with E-state index in [0.717, 1.165) is 22.0 Å². The van der Waals surface area contributed by atoms with Gasteiger partial charge in [0.2, 0.25) is 0 Å². The minimum Gasteiger partial charge on any atom is -0.487 e. The van der Waals surface area contributed by atoms with Gasteiger partial charge in [-0.3, -0.25) is 14.9 Å². The number of hydrogen-bond donors (Lipinski definition) is 1. The third-order valence-electron chi connectivity index (χ3n) is 5.67. The molecule has 0 unspecified atom stereocenters. The van der Waals surface area contributed by atoms with Crippen LogP contribution in [0.15, 0.2) is 72.8 Å². The molecule has 5 aromatic rings. The van der Waals surface area contributed by atoms with Crippen LogP contribution in [0.2, 0.25) is 0 Å². The first-order valence-corrected chi connectivity index (χ1v) is 11.0. The highest BCUT2D eigenvalue weighted by atomic mass is 16.6. The lowest BCUT2D eigenvalue weighted by atomic mass is 10.1. The van der Waals surface area contributed by atoms with Gasteiger partial charge in [0.1, 0.15) is 11.0 Å². The first-order chi connectivity index (χ1) is 16.9. The average Bonchev–Trinajstić information content (AvgIpc) is 3.26. The Morgan fingerprint density at radius 3 is 2.54 bits per heavy atom. The third-order valence-corrected chi connectivity index (χ3v) is 5.67. The smallest absolute Gasteiger partial charge is 0.311 e. The Kier molecular flexibility index (Phi) is 5.58. The van der Waals surface area contributed by atoms with Crippen LogP contribution in [-0.4, -0.2) is 32.4 Å². The van der Waals surface area contributed by atoms with Crippen molar-refractivity contribution in [2.45, 2.75) is 13.8 Å². The number of benzene rings is 4. The van der Waals surface area contributed by atoms with E-state index in [1.807, 2.05) is 55.5 Å². The quantitative estimate of drug-likeness (QED) is 0.263. The van der Waals surface area contributed by atoms with E-state index in [4.69, 9.17) is 4.74 Å². The molecule has 35 heavy (non-hydrogen) atoms. The van der Waals surface area contributed by atoms with Crippen LogP contribution in [0.5, 0.6) is 5.75 Å². The minimum atomic E-state index is -0.565. The maximum Gasteiger partial charge on any atom is 0.311 e. The number of ether oxygens (including phenoxy) is 1. The van der Waals surface area contributed by atoms with Gasteiger partial charge in [-0.2, -0.15) is 0 Å². The van der Waals surface area contributed by atoms with E-state index in [9.17, 15) is 14.9 Å². The molecule has 1 amide bonds. The number of amides is 1. The summed E-state index contributed by atoms with van der Waals surface area (Å²) in [7, 11) is 0. The van der Waals surface area contributed by atoms with Gasteiger partial charge in [0.25, 0.3) is 5.91 Å². The van der Waals surface area contributed by atoms with E-state index < -0.39 is 10.8 Å². The van der Waals surface area contributed by atoms with E-state index >= 15 is 0 Å². The molecule has 0 spiro atoms. The predicted octanol–water partition coefficient (Wildman–Crippen LogP) is 5.44. The van der Waals surface area contributed by atoms with E-state index in [0.29, 0.717) is 16.7 Å². The zero-order valence-electron chi connectivity index (χ0n) is 19.1. The Hall–Kier alpha value is -4.79. The lowest BCUT2D eigenvalue weighted by Crippen LogP contribution is -2.13. The first kappa shape index (κ1) is 22.0.